The Balaban J connectivity index is 1.47. The van der Waals surface area contributed by atoms with Crippen LogP contribution in [0.5, 0.6) is 5.75 Å². The van der Waals surface area contributed by atoms with Crippen molar-refractivity contribution in [3.05, 3.63) is 89.7 Å². The molecule has 0 spiro atoms. The molecular weight excluding hydrogens is 420 g/mol. The number of hydrogen-bond donors (Lipinski definition) is 4. The van der Waals surface area contributed by atoms with Crippen molar-refractivity contribution in [1.82, 2.24) is 9.97 Å². The highest BCUT2D eigenvalue weighted by molar-refractivity contribution is 6.04. The lowest BCUT2D eigenvalue weighted by molar-refractivity contribution is 0.0957. The first-order valence-corrected chi connectivity index (χ1v) is 10.4. The topological polar surface area (TPSA) is 117 Å². The minimum absolute atomic E-state index is 0.209. The van der Waals surface area contributed by atoms with Crippen LogP contribution in [0.25, 0.3) is 10.9 Å². The van der Waals surface area contributed by atoms with E-state index in [1.165, 1.54) is 6.33 Å². The molecule has 0 radical (unpaired) electrons. The van der Waals surface area contributed by atoms with Crippen LogP contribution in [0.4, 0.5) is 11.5 Å². The van der Waals surface area contributed by atoms with E-state index in [1.54, 1.807) is 49.6 Å². The SMILES string of the molecule is COc1ccc(C(=O)Nc2cccc(CNc3ncnc4ccc(C(O)CO)cc34)c2)cc1. The average molecular weight is 444 g/mol. The number of ether oxygens (including phenoxy) is 1. The van der Waals surface area contributed by atoms with Crippen molar-refractivity contribution in [3.63, 3.8) is 0 Å². The van der Waals surface area contributed by atoms with Gasteiger partial charge < -0.3 is 25.6 Å². The summed E-state index contributed by atoms with van der Waals surface area (Å²) in [5.41, 5.74) is 3.47. The third-order valence-electron chi connectivity index (χ3n) is 5.21. The van der Waals surface area contributed by atoms with Gasteiger partial charge in [-0.25, -0.2) is 9.97 Å². The Hall–Kier alpha value is -4.01. The summed E-state index contributed by atoms with van der Waals surface area (Å²) in [6.07, 6.45) is 0.506. The lowest BCUT2D eigenvalue weighted by Gasteiger charge is -2.12. The number of methoxy groups -OCH3 is 1. The zero-order chi connectivity index (χ0) is 23.2. The lowest BCUT2D eigenvalue weighted by Crippen LogP contribution is -2.12. The molecule has 8 heteroatoms. The molecule has 8 nitrogen and oxygen atoms in total. The van der Waals surface area contributed by atoms with E-state index < -0.39 is 6.10 Å². The fraction of sp³-hybridized carbons (Fsp3) is 0.160. The number of hydrogen-bond acceptors (Lipinski definition) is 7. The van der Waals surface area contributed by atoms with Gasteiger partial charge in [-0.2, -0.15) is 0 Å². The molecule has 4 aromatic rings. The maximum absolute atomic E-state index is 12.5. The van der Waals surface area contributed by atoms with E-state index in [4.69, 9.17) is 4.74 Å². The number of nitrogens with one attached hydrogen (secondary N) is 2. The number of benzene rings is 3. The van der Waals surface area contributed by atoms with Gasteiger partial charge in [-0.15, -0.1) is 0 Å². The van der Waals surface area contributed by atoms with Crippen LogP contribution in [-0.2, 0) is 6.54 Å². The summed E-state index contributed by atoms with van der Waals surface area (Å²) >= 11 is 0. The number of carbonyl (C=O) groups excluding carboxylic acids is 1. The molecule has 0 saturated carbocycles. The summed E-state index contributed by atoms with van der Waals surface area (Å²) in [6, 6.07) is 19.7. The van der Waals surface area contributed by atoms with Gasteiger partial charge in [0.05, 0.1) is 19.2 Å². The highest BCUT2D eigenvalue weighted by Gasteiger charge is 2.11. The molecule has 4 rings (SSSR count). The molecule has 3 aromatic carbocycles. The molecule has 1 aromatic heterocycles. The van der Waals surface area contributed by atoms with E-state index in [2.05, 4.69) is 20.6 Å². The van der Waals surface area contributed by atoms with Gasteiger partial charge in [0.2, 0.25) is 0 Å². The largest absolute Gasteiger partial charge is 0.497 e. The first-order valence-electron chi connectivity index (χ1n) is 10.4. The number of aromatic nitrogens is 2. The van der Waals surface area contributed by atoms with E-state index in [9.17, 15) is 15.0 Å². The molecule has 0 saturated heterocycles. The third kappa shape index (κ3) is 5.25. The van der Waals surface area contributed by atoms with E-state index in [-0.39, 0.29) is 12.5 Å². The summed E-state index contributed by atoms with van der Waals surface area (Å²) in [4.78, 5) is 21.1. The Bertz CT molecular complexity index is 1260. The van der Waals surface area contributed by atoms with Crippen LogP contribution in [-0.4, -0.2) is 39.8 Å². The van der Waals surface area contributed by atoms with Crippen LogP contribution in [0.15, 0.2) is 73.1 Å². The summed E-state index contributed by atoms with van der Waals surface area (Å²) in [7, 11) is 1.58. The van der Waals surface area contributed by atoms with Crippen LogP contribution in [0, 0.1) is 0 Å². The summed E-state index contributed by atoms with van der Waals surface area (Å²) in [6.45, 7) is 0.0993. The summed E-state index contributed by atoms with van der Waals surface area (Å²) in [5, 5.41) is 26.1. The van der Waals surface area contributed by atoms with Gasteiger partial charge in [-0.05, 0) is 59.7 Å². The normalized spacial score (nSPS) is 11.7. The van der Waals surface area contributed by atoms with Gasteiger partial charge in [0.25, 0.3) is 5.91 Å². The predicted octanol–water partition coefficient (Wildman–Crippen LogP) is 3.53. The van der Waals surface area contributed by atoms with Gasteiger partial charge in [-0.3, -0.25) is 4.79 Å². The zero-order valence-corrected chi connectivity index (χ0v) is 18.0. The molecule has 168 valence electrons. The van der Waals surface area contributed by atoms with E-state index in [0.29, 0.717) is 34.9 Å². The van der Waals surface area contributed by atoms with Gasteiger partial charge in [0.1, 0.15) is 24.0 Å². The Kier molecular flexibility index (Phi) is 6.77. The van der Waals surface area contributed by atoms with Gasteiger partial charge in [0, 0.05) is 23.2 Å². The first-order chi connectivity index (χ1) is 16.1. The predicted molar refractivity (Wildman–Crippen MR) is 126 cm³/mol. The molecule has 0 fully saturated rings. The number of carbonyl (C=O) groups is 1. The molecule has 1 heterocycles. The maximum Gasteiger partial charge on any atom is 0.255 e. The molecule has 0 bridgehead atoms. The standard InChI is InChI=1S/C25H24N4O4/c1-33-20-8-5-17(6-9-20)25(32)29-19-4-2-3-16(11-19)13-26-24-21-12-18(23(31)14-30)7-10-22(21)27-15-28-24/h2-12,15,23,30-31H,13-14H2,1H3,(H,29,32)(H,26,27,28). The quantitative estimate of drug-likeness (QED) is 0.328. The minimum Gasteiger partial charge on any atom is -0.497 e. The molecule has 1 amide bonds. The van der Waals surface area contributed by atoms with Crippen molar-refractivity contribution in [2.24, 2.45) is 0 Å². The zero-order valence-electron chi connectivity index (χ0n) is 18.0. The van der Waals surface area contributed by atoms with Crippen molar-refractivity contribution in [2.75, 3.05) is 24.4 Å². The molecular formula is C25H24N4O4. The molecule has 1 atom stereocenters. The van der Waals surface area contributed by atoms with Gasteiger partial charge in [0.15, 0.2) is 0 Å². The van der Waals surface area contributed by atoms with Gasteiger partial charge in [-0.1, -0.05) is 18.2 Å². The molecule has 0 aliphatic rings. The van der Waals surface area contributed by atoms with Crippen molar-refractivity contribution in [2.45, 2.75) is 12.6 Å². The molecule has 1 unspecified atom stereocenters. The number of rotatable bonds is 8. The Morgan fingerprint density at radius 2 is 1.88 bits per heavy atom. The second-order valence-electron chi connectivity index (χ2n) is 7.43. The maximum atomic E-state index is 12.5. The summed E-state index contributed by atoms with van der Waals surface area (Å²) < 4.78 is 5.13. The second-order valence-corrected chi connectivity index (χ2v) is 7.43. The van der Waals surface area contributed by atoms with E-state index >= 15 is 0 Å². The Labute approximate surface area is 190 Å². The molecule has 4 N–H and O–H groups in total. The summed E-state index contributed by atoms with van der Waals surface area (Å²) in [5.74, 6) is 1.09. The fourth-order valence-corrected chi connectivity index (χ4v) is 3.42. The number of nitrogens with zero attached hydrogens (tertiary/aromatic N) is 2. The third-order valence-corrected chi connectivity index (χ3v) is 5.21. The number of anilines is 2. The van der Waals surface area contributed by atoms with E-state index in [0.717, 1.165) is 16.5 Å². The minimum atomic E-state index is -0.964. The van der Waals surface area contributed by atoms with Crippen LogP contribution in [0.3, 0.4) is 0 Å². The van der Waals surface area contributed by atoms with Crippen molar-refractivity contribution in [3.8, 4) is 5.75 Å². The number of fused-ring (bicyclic) bond motifs is 1. The molecule has 0 aliphatic carbocycles. The van der Waals surface area contributed by atoms with E-state index in [1.807, 2.05) is 24.3 Å². The second kappa shape index (κ2) is 10.1. The fourth-order valence-electron chi connectivity index (χ4n) is 3.42. The average Bonchev–Trinajstić information content (AvgIpc) is 2.86. The van der Waals surface area contributed by atoms with Crippen LogP contribution >= 0.6 is 0 Å². The first kappa shape index (κ1) is 22.2. The Morgan fingerprint density at radius 1 is 1.06 bits per heavy atom. The van der Waals surface area contributed by atoms with Crippen molar-refractivity contribution >= 4 is 28.3 Å². The number of aliphatic hydroxyl groups is 2. The van der Waals surface area contributed by atoms with Crippen LogP contribution in [0.1, 0.15) is 27.6 Å². The lowest BCUT2D eigenvalue weighted by atomic mass is 10.1. The van der Waals surface area contributed by atoms with Crippen LogP contribution in [0.2, 0.25) is 0 Å². The highest BCUT2D eigenvalue weighted by Crippen LogP contribution is 2.24. The monoisotopic (exact) mass is 444 g/mol. The van der Waals surface area contributed by atoms with Crippen molar-refractivity contribution < 1.29 is 19.7 Å². The number of aliphatic hydroxyl groups excluding tert-OH is 2. The van der Waals surface area contributed by atoms with Gasteiger partial charge >= 0.3 is 0 Å². The van der Waals surface area contributed by atoms with Crippen LogP contribution < -0.4 is 15.4 Å². The van der Waals surface area contributed by atoms with Crippen molar-refractivity contribution in [1.29, 1.82) is 0 Å². The molecule has 33 heavy (non-hydrogen) atoms. The number of amides is 1. The molecule has 0 aliphatic heterocycles. The highest BCUT2D eigenvalue weighted by atomic mass is 16.5. The smallest absolute Gasteiger partial charge is 0.255 e. The Morgan fingerprint density at radius 3 is 2.64 bits per heavy atom.